The number of halogens is 2. The zero-order valence-corrected chi connectivity index (χ0v) is 9.98. The van der Waals surface area contributed by atoms with Crippen LogP contribution in [-0.2, 0) is 6.54 Å². The van der Waals surface area contributed by atoms with Crippen molar-refractivity contribution >= 4 is 22.6 Å². The van der Waals surface area contributed by atoms with E-state index in [1.54, 1.807) is 23.2 Å². The van der Waals surface area contributed by atoms with Gasteiger partial charge in [0.2, 0.25) is 0 Å². The van der Waals surface area contributed by atoms with Gasteiger partial charge in [0.25, 0.3) is 0 Å². The van der Waals surface area contributed by atoms with E-state index in [0.29, 0.717) is 10.1 Å². The van der Waals surface area contributed by atoms with Crippen LogP contribution in [0.2, 0.25) is 0 Å². The summed E-state index contributed by atoms with van der Waals surface area (Å²) in [7, 11) is 0. The number of benzene rings is 1. The molecule has 2 rings (SSSR count). The third-order valence-corrected chi connectivity index (χ3v) is 2.92. The lowest BCUT2D eigenvalue weighted by Crippen LogP contribution is -1.96. The van der Waals surface area contributed by atoms with Crippen LogP contribution in [0.3, 0.4) is 0 Å². The van der Waals surface area contributed by atoms with E-state index >= 15 is 0 Å². The second-order valence-corrected chi connectivity index (χ2v) is 4.24. The molecular weight excluding hydrogens is 308 g/mol. The van der Waals surface area contributed by atoms with E-state index in [9.17, 15) is 4.39 Å². The second-order valence-electron chi connectivity index (χ2n) is 3.07. The molecule has 0 aliphatic heterocycles. The Morgan fingerprint density at radius 1 is 1.47 bits per heavy atom. The van der Waals surface area contributed by atoms with Crippen molar-refractivity contribution in [3.8, 4) is 5.69 Å². The largest absolute Gasteiger partial charge is 0.325 e. The zero-order chi connectivity index (χ0) is 10.8. The molecule has 5 heteroatoms. The number of hydrogen-bond donors (Lipinski definition) is 1. The van der Waals surface area contributed by atoms with Gasteiger partial charge in [0.15, 0.2) is 0 Å². The van der Waals surface area contributed by atoms with Gasteiger partial charge in [-0.25, -0.2) is 9.37 Å². The molecule has 1 aromatic heterocycles. The summed E-state index contributed by atoms with van der Waals surface area (Å²) < 4.78 is 15.6. The van der Waals surface area contributed by atoms with Crippen molar-refractivity contribution in [3.63, 3.8) is 0 Å². The van der Waals surface area contributed by atoms with Crippen molar-refractivity contribution in [3.05, 3.63) is 45.8 Å². The first-order valence-corrected chi connectivity index (χ1v) is 5.47. The molecular formula is C10H9FIN3. The molecule has 15 heavy (non-hydrogen) atoms. The number of imidazole rings is 1. The first-order valence-electron chi connectivity index (χ1n) is 4.39. The Morgan fingerprint density at radius 3 is 2.87 bits per heavy atom. The Hall–Kier alpha value is -0.950. The summed E-state index contributed by atoms with van der Waals surface area (Å²) in [6.07, 6.45) is 3.42. The van der Waals surface area contributed by atoms with Crippen LogP contribution in [0.15, 0.2) is 30.7 Å². The Labute approximate surface area is 100 Å². The van der Waals surface area contributed by atoms with Crippen molar-refractivity contribution in [1.82, 2.24) is 9.55 Å². The van der Waals surface area contributed by atoms with E-state index in [4.69, 9.17) is 5.73 Å². The van der Waals surface area contributed by atoms with Crippen LogP contribution >= 0.6 is 22.6 Å². The summed E-state index contributed by atoms with van der Waals surface area (Å²) in [5.74, 6) is -0.226. The Balaban J connectivity index is 2.40. The third-order valence-electron chi connectivity index (χ3n) is 2.05. The number of nitrogens with zero attached hydrogens (tertiary/aromatic N) is 2. The van der Waals surface area contributed by atoms with Gasteiger partial charge in [0.1, 0.15) is 5.82 Å². The molecule has 0 saturated heterocycles. The van der Waals surface area contributed by atoms with Crippen molar-refractivity contribution in [2.45, 2.75) is 6.54 Å². The summed E-state index contributed by atoms with van der Waals surface area (Å²) in [6, 6.07) is 5.05. The van der Waals surface area contributed by atoms with Crippen LogP contribution in [0.4, 0.5) is 4.39 Å². The van der Waals surface area contributed by atoms with Crippen molar-refractivity contribution < 1.29 is 4.39 Å². The SMILES string of the molecule is NCc1cn(-c2ccc(I)c(F)c2)cn1. The van der Waals surface area contributed by atoms with Crippen molar-refractivity contribution in [1.29, 1.82) is 0 Å². The van der Waals surface area contributed by atoms with Gasteiger partial charge in [-0.1, -0.05) is 0 Å². The molecule has 1 heterocycles. The average molecular weight is 317 g/mol. The molecule has 0 fully saturated rings. The first-order chi connectivity index (χ1) is 7.20. The van der Waals surface area contributed by atoms with Crippen LogP contribution in [0.1, 0.15) is 5.69 Å². The molecule has 0 amide bonds. The van der Waals surface area contributed by atoms with Gasteiger partial charge >= 0.3 is 0 Å². The molecule has 0 spiro atoms. The lowest BCUT2D eigenvalue weighted by atomic mass is 10.3. The molecule has 0 atom stereocenters. The minimum Gasteiger partial charge on any atom is -0.325 e. The van der Waals surface area contributed by atoms with E-state index < -0.39 is 0 Å². The van der Waals surface area contributed by atoms with Crippen molar-refractivity contribution in [2.24, 2.45) is 5.73 Å². The normalized spacial score (nSPS) is 10.6. The fourth-order valence-corrected chi connectivity index (χ4v) is 1.59. The molecule has 0 bridgehead atoms. The van der Waals surface area contributed by atoms with E-state index in [1.807, 2.05) is 28.7 Å². The van der Waals surface area contributed by atoms with E-state index in [2.05, 4.69) is 4.98 Å². The first kappa shape index (κ1) is 10.6. The highest BCUT2D eigenvalue weighted by molar-refractivity contribution is 14.1. The molecule has 2 N–H and O–H groups in total. The molecule has 0 unspecified atom stereocenters. The van der Waals surface area contributed by atoms with Gasteiger partial charge in [-0.15, -0.1) is 0 Å². The summed E-state index contributed by atoms with van der Waals surface area (Å²) in [5, 5.41) is 0. The van der Waals surface area contributed by atoms with Gasteiger partial charge in [0, 0.05) is 22.0 Å². The van der Waals surface area contributed by atoms with Gasteiger partial charge < -0.3 is 10.3 Å². The minimum absolute atomic E-state index is 0.226. The fourth-order valence-electron chi connectivity index (χ4n) is 1.26. The molecule has 0 aliphatic carbocycles. The monoisotopic (exact) mass is 317 g/mol. The summed E-state index contributed by atoms with van der Waals surface area (Å²) in [4.78, 5) is 4.08. The molecule has 2 aromatic rings. The Morgan fingerprint density at radius 2 is 2.27 bits per heavy atom. The van der Waals surface area contributed by atoms with E-state index in [0.717, 1.165) is 11.4 Å². The maximum Gasteiger partial charge on any atom is 0.138 e. The van der Waals surface area contributed by atoms with Gasteiger partial charge in [-0.05, 0) is 40.8 Å². The molecule has 0 aliphatic rings. The maximum absolute atomic E-state index is 13.3. The maximum atomic E-state index is 13.3. The van der Waals surface area contributed by atoms with Gasteiger partial charge in [0.05, 0.1) is 12.0 Å². The summed E-state index contributed by atoms with van der Waals surface area (Å²) >= 11 is 1.95. The van der Waals surface area contributed by atoms with Crippen LogP contribution in [0, 0.1) is 9.39 Å². The highest BCUT2D eigenvalue weighted by Crippen LogP contribution is 2.15. The standard InChI is InChI=1S/C10H9FIN3/c11-9-3-8(1-2-10(9)12)15-5-7(4-13)14-6-15/h1-3,5-6H,4,13H2. The number of nitrogens with two attached hydrogens (primary N) is 1. The van der Waals surface area contributed by atoms with Crippen molar-refractivity contribution in [2.75, 3.05) is 0 Å². The fraction of sp³-hybridized carbons (Fsp3) is 0.100. The third kappa shape index (κ3) is 2.18. The van der Waals surface area contributed by atoms with E-state index in [1.165, 1.54) is 6.07 Å². The molecule has 3 nitrogen and oxygen atoms in total. The molecule has 1 aromatic carbocycles. The van der Waals surface area contributed by atoms with Gasteiger partial charge in [-0.3, -0.25) is 0 Å². The highest BCUT2D eigenvalue weighted by atomic mass is 127. The van der Waals surface area contributed by atoms with Crippen LogP contribution < -0.4 is 5.73 Å². The predicted octanol–water partition coefficient (Wildman–Crippen LogP) is 2.07. The van der Waals surface area contributed by atoms with Crippen LogP contribution in [-0.4, -0.2) is 9.55 Å². The molecule has 0 saturated carbocycles. The highest BCUT2D eigenvalue weighted by Gasteiger charge is 2.03. The predicted molar refractivity (Wildman–Crippen MR) is 64.1 cm³/mol. The summed E-state index contributed by atoms with van der Waals surface area (Å²) in [6.45, 7) is 0.389. The Bertz CT molecular complexity index is 481. The average Bonchev–Trinajstić information content (AvgIpc) is 2.70. The topological polar surface area (TPSA) is 43.8 Å². The zero-order valence-electron chi connectivity index (χ0n) is 7.82. The molecule has 78 valence electrons. The lowest BCUT2D eigenvalue weighted by molar-refractivity contribution is 0.619. The minimum atomic E-state index is -0.226. The second kappa shape index (κ2) is 4.28. The lowest BCUT2D eigenvalue weighted by Gasteiger charge is -2.02. The summed E-state index contributed by atoms with van der Waals surface area (Å²) in [5.41, 5.74) is 6.98. The van der Waals surface area contributed by atoms with E-state index in [-0.39, 0.29) is 5.82 Å². The van der Waals surface area contributed by atoms with Gasteiger partial charge in [-0.2, -0.15) is 0 Å². The molecule has 0 radical (unpaired) electrons. The van der Waals surface area contributed by atoms with Crippen LogP contribution in [0.25, 0.3) is 5.69 Å². The number of rotatable bonds is 2. The Kier molecular flexibility index (Phi) is 3.01. The quantitative estimate of drug-likeness (QED) is 0.862. The number of hydrogen-bond acceptors (Lipinski definition) is 2. The smallest absolute Gasteiger partial charge is 0.138 e. The van der Waals surface area contributed by atoms with Crippen LogP contribution in [0.5, 0.6) is 0 Å². The number of aromatic nitrogens is 2.